The number of thiazole rings is 1. The zero-order valence-electron chi connectivity index (χ0n) is 17.6. The molecule has 0 atom stereocenters. The molecule has 0 unspecified atom stereocenters. The molecule has 5 nitrogen and oxygen atoms in total. The highest BCUT2D eigenvalue weighted by Gasteiger charge is 2.45. The zero-order valence-corrected chi connectivity index (χ0v) is 18.4. The summed E-state index contributed by atoms with van der Waals surface area (Å²) < 4.78 is 1.15. The van der Waals surface area contributed by atoms with Crippen molar-refractivity contribution in [1.29, 1.82) is 0 Å². The summed E-state index contributed by atoms with van der Waals surface area (Å²) in [6.45, 7) is 2.62. The molecule has 0 saturated heterocycles. The molecule has 2 aromatic carbocycles. The number of nitrogens with zero attached hydrogens (tertiary/aromatic N) is 1. The van der Waals surface area contributed by atoms with Gasteiger partial charge in [-0.1, -0.05) is 37.3 Å². The van der Waals surface area contributed by atoms with Gasteiger partial charge in [-0.15, -0.1) is 11.3 Å². The molecule has 3 aromatic rings. The molecule has 0 bridgehead atoms. The van der Waals surface area contributed by atoms with E-state index < -0.39 is 11.4 Å². The van der Waals surface area contributed by atoms with E-state index in [1.807, 2.05) is 24.3 Å². The maximum atomic E-state index is 13.2. The molecule has 1 heterocycles. The number of aliphatic carboxylic acids is 1. The van der Waals surface area contributed by atoms with Gasteiger partial charge in [0.2, 0.25) is 5.91 Å². The van der Waals surface area contributed by atoms with Crippen LogP contribution in [0.1, 0.15) is 53.8 Å². The molecule has 1 fully saturated rings. The molecule has 5 rings (SSSR count). The lowest BCUT2D eigenvalue weighted by Crippen LogP contribution is -2.43. The van der Waals surface area contributed by atoms with Crippen LogP contribution in [-0.4, -0.2) is 22.0 Å². The minimum absolute atomic E-state index is 0.170. The molecule has 6 heteroatoms. The van der Waals surface area contributed by atoms with Crippen LogP contribution in [0.15, 0.2) is 42.5 Å². The summed E-state index contributed by atoms with van der Waals surface area (Å²) in [5.74, 6) is 0.326. The first kappa shape index (κ1) is 20.2. The van der Waals surface area contributed by atoms with Crippen molar-refractivity contribution in [2.45, 2.75) is 51.5 Å². The van der Waals surface area contributed by atoms with E-state index in [9.17, 15) is 14.7 Å². The lowest BCUT2D eigenvalue weighted by atomic mass is 9.72. The number of aromatic nitrogens is 1. The highest BCUT2D eigenvalue weighted by atomic mass is 32.1. The first-order chi connectivity index (χ1) is 14.9. The smallest absolute Gasteiger partial charge is 0.304 e. The summed E-state index contributed by atoms with van der Waals surface area (Å²) >= 11 is 1.61. The summed E-state index contributed by atoms with van der Waals surface area (Å²) in [4.78, 5) is 29.4. The van der Waals surface area contributed by atoms with Gasteiger partial charge < -0.3 is 10.4 Å². The fourth-order valence-corrected chi connectivity index (χ4v) is 6.14. The van der Waals surface area contributed by atoms with E-state index >= 15 is 0 Å². The van der Waals surface area contributed by atoms with Gasteiger partial charge in [0.25, 0.3) is 0 Å². The number of carboxylic acids is 1. The Hall–Kier alpha value is -2.73. The van der Waals surface area contributed by atoms with Gasteiger partial charge in [0.15, 0.2) is 0 Å². The lowest BCUT2D eigenvalue weighted by molar-refractivity contribution is -0.145. The average molecular weight is 435 g/mol. The van der Waals surface area contributed by atoms with E-state index in [2.05, 4.69) is 35.4 Å². The standard InChI is InChI=1S/C25H26N2O3S/c1-15-8-19(9-15)16-6-7-20-21(10-16)31-22(27-20)14-26-24(30)25(13-23(28)29)11-17-4-2-3-5-18(17)12-25/h2-7,10,15,19H,8-9,11-14H2,1H3,(H,26,30)(H,28,29). The molecule has 2 N–H and O–H groups in total. The predicted octanol–water partition coefficient (Wildman–Crippen LogP) is 4.69. The molecule has 0 spiro atoms. The molecule has 160 valence electrons. The van der Waals surface area contributed by atoms with E-state index in [1.54, 1.807) is 11.3 Å². The molecule has 0 aliphatic heterocycles. The van der Waals surface area contributed by atoms with Crippen molar-refractivity contribution in [3.05, 3.63) is 64.2 Å². The fourth-order valence-electron chi connectivity index (χ4n) is 5.19. The van der Waals surface area contributed by atoms with Crippen LogP contribution in [-0.2, 0) is 29.0 Å². The van der Waals surface area contributed by atoms with E-state index in [0.29, 0.717) is 25.3 Å². The highest BCUT2D eigenvalue weighted by molar-refractivity contribution is 7.18. The number of amides is 1. The van der Waals surface area contributed by atoms with Gasteiger partial charge >= 0.3 is 5.97 Å². The van der Waals surface area contributed by atoms with Crippen LogP contribution in [0.25, 0.3) is 10.2 Å². The summed E-state index contributed by atoms with van der Waals surface area (Å²) in [5, 5.41) is 13.3. The maximum absolute atomic E-state index is 13.2. The molecule has 2 aliphatic rings. The van der Waals surface area contributed by atoms with Crippen molar-refractivity contribution >= 4 is 33.4 Å². The van der Waals surface area contributed by atoms with Gasteiger partial charge in [-0.25, -0.2) is 4.98 Å². The van der Waals surface area contributed by atoms with E-state index in [-0.39, 0.29) is 12.3 Å². The Morgan fingerprint density at radius 3 is 2.52 bits per heavy atom. The Morgan fingerprint density at radius 2 is 1.87 bits per heavy atom. The summed E-state index contributed by atoms with van der Waals surface area (Å²) in [6, 6.07) is 14.4. The van der Waals surface area contributed by atoms with Crippen LogP contribution in [0.5, 0.6) is 0 Å². The molecule has 1 saturated carbocycles. The number of nitrogens with one attached hydrogen (secondary N) is 1. The lowest BCUT2D eigenvalue weighted by Gasteiger charge is -2.33. The largest absolute Gasteiger partial charge is 0.481 e. The zero-order chi connectivity index (χ0) is 21.6. The minimum atomic E-state index is -0.944. The Morgan fingerprint density at radius 1 is 1.16 bits per heavy atom. The molecule has 0 radical (unpaired) electrons. The second kappa shape index (κ2) is 7.75. The molecule has 1 amide bonds. The first-order valence-corrected chi connectivity index (χ1v) is 11.7. The first-order valence-electron chi connectivity index (χ1n) is 10.9. The highest BCUT2D eigenvalue weighted by Crippen LogP contribution is 2.42. The van der Waals surface area contributed by atoms with Crippen molar-refractivity contribution in [3.63, 3.8) is 0 Å². The maximum Gasteiger partial charge on any atom is 0.304 e. The Labute approximate surface area is 185 Å². The number of carbonyl (C=O) groups is 2. The topological polar surface area (TPSA) is 79.3 Å². The quantitative estimate of drug-likeness (QED) is 0.590. The van der Waals surface area contributed by atoms with Gasteiger partial charge in [-0.2, -0.15) is 0 Å². The van der Waals surface area contributed by atoms with E-state index in [1.165, 1.54) is 18.4 Å². The third kappa shape index (κ3) is 3.85. The third-order valence-electron chi connectivity index (χ3n) is 6.85. The molecular formula is C25H26N2O3S. The number of fused-ring (bicyclic) bond motifs is 2. The Kier molecular flexibility index (Phi) is 5.05. The predicted molar refractivity (Wildman–Crippen MR) is 121 cm³/mol. The van der Waals surface area contributed by atoms with Crippen molar-refractivity contribution < 1.29 is 14.7 Å². The summed E-state index contributed by atoms with van der Waals surface area (Å²) in [5.41, 5.74) is 3.54. The van der Waals surface area contributed by atoms with Crippen molar-refractivity contribution in [2.75, 3.05) is 0 Å². The van der Waals surface area contributed by atoms with Crippen LogP contribution in [0, 0.1) is 11.3 Å². The van der Waals surface area contributed by atoms with Gasteiger partial charge in [0.1, 0.15) is 5.01 Å². The van der Waals surface area contributed by atoms with E-state index in [4.69, 9.17) is 0 Å². The van der Waals surface area contributed by atoms with Crippen molar-refractivity contribution in [3.8, 4) is 0 Å². The van der Waals surface area contributed by atoms with Crippen molar-refractivity contribution in [2.24, 2.45) is 11.3 Å². The van der Waals surface area contributed by atoms with Gasteiger partial charge in [0, 0.05) is 0 Å². The Bertz CT molecular complexity index is 1140. The number of carboxylic acid groups (broad SMARTS) is 1. The van der Waals surface area contributed by atoms with E-state index in [0.717, 1.165) is 32.3 Å². The molecule has 1 aromatic heterocycles. The second-order valence-electron chi connectivity index (χ2n) is 9.26. The number of hydrogen-bond donors (Lipinski definition) is 2. The summed E-state index contributed by atoms with van der Waals surface area (Å²) in [6.07, 6.45) is 3.26. The van der Waals surface area contributed by atoms with Crippen molar-refractivity contribution in [1.82, 2.24) is 10.3 Å². The van der Waals surface area contributed by atoms with Crippen LogP contribution >= 0.6 is 11.3 Å². The molecule has 2 aliphatic carbocycles. The minimum Gasteiger partial charge on any atom is -0.481 e. The fraction of sp³-hybridized carbons (Fsp3) is 0.400. The van der Waals surface area contributed by atoms with Gasteiger partial charge in [-0.3, -0.25) is 9.59 Å². The summed E-state index contributed by atoms with van der Waals surface area (Å²) in [7, 11) is 0. The average Bonchev–Trinajstić information content (AvgIpc) is 3.29. The monoisotopic (exact) mass is 434 g/mol. The third-order valence-corrected chi connectivity index (χ3v) is 7.87. The van der Waals surface area contributed by atoms with Gasteiger partial charge in [0.05, 0.1) is 28.6 Å². The van der Waals surface area contributed by atoms with Gasteiger partial charge in [-0.05, 0) is 66.3 Å². The van der Waals surface area contributed by atoms with Crippen LogP contribution in [0.2, 0.25) is 0 Å². The number of hydrogen-bond acceptors (Lipinski definition) is 4. The molecule has 31 heavy (non-hydrogen) atoms. The number of benzene rings is 2. The molecular weight excluding hydrogens is 408 g/mol. The number of carbonyl (C=O) groups excluding carboxylic acids is 1. The number of rotatable bonds is 6. The second-order valence-corrected chi connectivity index (χ2v) is 10.4. The van der Waals surface area contributed by atoms with Crippen LogP contribution < -0.4 is 5.32 Å². The Balaban J connectivity index is 1.31. The van der Waals surface area contributed by atoms with Crippen LogP contribution in [0.4, 0.5) is 0 Å². The normalized spacial score (nSPS) is 21.5. The SMILES string of the molecule is CC1CC(c2ccc3nc(CNC(=O)C4(CC(=O)O)Cc5ccccc5C4)sc3c2)C1. The van der Waals surface area contributed by atoms with Crippen LogP contribution in [0.3, 0.4) is 0 Å².